The summed E-state index contributed by atoms with van der Waals surface area (Å²) < 4.78 is 5.80. The molecular formula is C18H15NO3S2. The zero-order valence-corrected chi connectivity index (χ0v) is 14.8. The van der Waals surface area contributed by atoms with Crippen LogP contribution in [0.2, 0.25) is 0 Å². The number of ether oxygens (including phenoxy) is 1. The summed E-state index contributed by atoms with van der Waals surface area (Å²) in [7, 11) is 1.33. The monoisotopic (exact) mass is 357 g/mol. The van der Waals surface area contributed by atoms with Crippen molar-refractivity contribution >= 4 is 50.1 Å². The molecule has 0 fully saturated rings. The molecule has 6 heteroatoms. The van der Waals surface area contributed by atoms with E-state index in [-0.39, 0.29) is 5.91 Å². The van der Waals surface area contributed by atoms with Crippen LogP contribution in [-0.4, -0.2) is 25.2 Å². The van der Waals surface area contributed by atoms with Crippen molar-refractivity contribution in [3.05, 3.63) is 59.7 Å². The van der Waals surface area contributed by atoms with E-state index in [1.54, 1.807) is 23.9 Å². The molecule has 2 aromatic carbocycles. The molecule has 3 rings (SSSR count). The number of amides is 1. The second-order valence-electron chi connectivity index (χ2n) is 4.98. The molecule has 122 valence electrons. The summed E-state index contributed by atoms with van der Waals surface area (Å²) in [6, 6.07) is 14.8. The summed E-state index contributed by atoms with van der Waals surface area (Å²) >= 11 is 2.98. The number of thioether (sulfide) groups is 1. The fourth-order valence-corrected chi connectivity index (χ4v) is 3.85. The third-order valence-corrected chi connectivity index (χ3v) is 5.39. The molecule has 1 N–H and O–H groups in total. The minimum absolute atomic E-state index is 0.251. The molecule has 4 nitrogen and oxygen atoms in total. The van der Waals surface area contributed by atoms with Crippen molar-refractivity contribution in [1.82, 2.24) is 0 Å². The van der Waals surface area contributed by atoms with Gasteiger partial charge in [0.2, 0.25) is 0 Å². The molecule has 0 saturated heterocycles. The maximum atomic E-state index is 12.5. The lowest BCUT2D eigenvalue weighted by Gasteiger charge is -2.06. The first-order chi connectivity index (χ1) is 11.6. The lowest BCUT2D eigenvalue weighted by atomic mass is 10.1. The van der Waals surface area contributed by atoms with Crippen LogP contribution >= 0.6 is 23.1 Å². The minimum atomic E-state index is -0.458. The van der Waals surface area contributed by atoms with E-state index in [0.29, 0.717) is 16.1 Å². The molecule has 0 aliphatic heterocycles. The van der Waals surface area contributed by atoms with Crippen molar-refractivity contribution in [2.24, 2.45) is 0 Å². The quantitative estimate of drug-likeness (QED) is 0.545. The van der Waals surface area contributed by atoms with E-state index < -0.39 is 5.97 Å². The number of esters is 1. The Morgan fingerprint density at radius 2 is 1.79 bits per heavy atom. The van der Waals surface area contributed by atoms with Gasteiger partial charge in [0.25, 0.3) is 5.91 Å². The van der Waals surface area contributed by atoms with E-state index in [9.17, 15) is 9.59 Å². The zero-order chi connectivity index (χ0) is 17.1. The van der Waals surface area contributed by atoms with Crippen molar-refractivity contribution in [1.29, 1.82) is 0 Å². The Morgan fingerprint density at radius 1 is 1.08 bits per heavy atom. The highest BCUT2D eigenvalue weighted by Crippen LogP contribution is 2.36. The number of anilines is 1. The number of carbonyl (C=O) groups is 2. The minimum Gasteiger partial charge on any atom is -0.465 e. The molecule has 0 spiro atoms. The molecule has 24 heavy (non-hydrogen) atoms. The van der Waals surface area contributed by atoms with Crippen LogP contribution in [0.1, 0.15) is 20.7 Å². The number of rotatable bonds is 4. The Morgan fingerprint density at radius 3 is 2.46 bits per heavy atom. The Hall–Kier alpha value is -2.31. The van der Waals surface area contributed by atoms with E-state index in [4.69, 9.17) is 4.74 Å². The van der Waals surface area contributed by atoms with Crippen LogP contribution < -0.4 is 5.32 Å². The van der Waals surface area contributed by atoms with Gasteiger partial charge in [-0.2, -0.15) is 0 Å². The third kappa shape index (κ3) is 3.16. The molecule has 0 atom stereocenters. The van der Waals surface area contributed by atoms with Crippen molar-refractivity contribution in [2.75, 3.05) is 18.7 Å². The van der Waals surface area contributed by atoms with Gasteiger partial charge in [0, 0.05) is 20.5 Å². The van der Waals surface area contributed by atoms with Crippen LogP contribution in [0.25, 0.3) is 10.1 Å². The molecule has 3 aromatic rings. The highest BCUT2D eigenvalue weighted by atomic mass is 32.2. The van der Waals surface area contributed by atoms with Gasteiger partial charge >= 0.3 is 5.97 Å². The summed E-state index contributed by atoms with van der Waals surface area (Å²) in [6.45, 7) is 0. The number of hydrogen-bond acceptors (Lipinski definition) is 5. The van der Waals surface area contributed by atoms with Gasteiger partial charge in [0.05, 0.1) is 7.11 Å². The number of thiophene rings is 1. The zero-order valence-electron chi connectivity index (χ0n) is 13.2. The van der Waals surface area contributed by atoms with Gasteiger partial charge in [-0.05, 0) is 36.6 Å². The van der Waals surface area contributed by atoms with E-state index in [0.717, 1.165) is 15.0 Å². The van der Waals surface area contributed by atoms with Gasteiger partial charge in [-0.25, -0.2) is 4.79 Å². The molecule has 1 amide bonds. The summed E-state index contributed by atoms with van der Waals surface area (Å²) in [4.78, 5) is 25.7. The predicted octanol–water partition coefficient (Wildman–Crippen LogP) is 4.66. The van der Waals surface area contributed by atoms with Gasteiger partial charge in [-0.15, -0.1) is 23.1 Å². The Balaban J connectivity index is 1.96. The van der Waals surface area contributed by atoms with Crippen molar-refractivity contribution in [3.63, 3.8) is 0 Å². The summed E-state index contributed by atoms with van der Waals surface area (Å²) in [5.74, 6) is -0.708. The fraction of sp³-hybridized carbons (Fsp3) is 0.111. The van der Waals surface area contributed by atoms with Gasteiger partial charge in [-0.3, -0.25) is 4.79 Å². The van der Waals surface area contributed by atoms with Crippen LogP contribution in [0, 0.1) is 0 Å². The van der Waals surface area contributed by atoms with Gasteiger partial charge in [0.15, 0.2) is 0 Å². The molecule has 0 radical (unpaired) electrons. The summed E-state index contributed by atoms with van der Waals surface area (Å²) in [6.07, 6.45) is 1.98. The number of nitrogens with one attached hydrogen (secondary N) is 1. The van der Waals surface area contributed by atoms with Crippen molar-refractivity contribution < 1.29 is 14.3 Å². The summed E-state index contributed by atoms with van der Waals surface area (Å²) in [5, 5.41) is 4.12. The number of methoxy groups -OCH3 is 1. The Labute approximate surface area is 147 Å². The molecule has 1 heterocycles. The SMILES string of the molecule is COC(=O)c1c(NC(=O)c2ccc(SC)cc2)sc2ccccc12. The number of hydrogen-bond donors (Lipinski definition) is 1. The fourth-order valence-electron chi connectivity index (χ4n) is 2.36. The smallest absolute Gasteiger partial charge is 0.341 e. The second kappa shape index (κ2) is 7.07. The first-order valence-corrected chi connectivity index (χ1v) is 9.23. The average molecular weight is 357 g/mol. The van der Waals surface area contributed by atoms with Crippen LogP contribution in [0.15, 0.2) is 53.4 Å². The van der Waals surface area contributed by atoms with E-state index in [1.807, 2.05) is 42.7 Å². The second-order valence-corrected chi connectivity index (χ2v) is 6.91. The molecule has 0 aliphatic rings. The molecular weight excluding hydrogens is 342 g/mol. The van der Waals surface area contributed by atoms with Crippen LogP contribution in [0.5, 0.6) is 0 Å². The summed E-state index contributed by atoms with van der Waals surface area (Å²) in [5.41, 5.74) is 0.938. The van der Waals surface area contributed by atoms with Gasteiger partial charge in [-0.1, -0.05) is 18.2 Å². The lowest BCUT2D eigenvalue weighted by Crippen LogP contribution is -2.13. The van der Waals surface area contributed by atoms with Crippen LogP contribution in [0.4, 0.5) is 5.00 Å². The molecule has 0 bridgehead atoms. The number of carbonyl (C=O) groups excluding carboxylic acids is 2. The lowest BCUT2D eigenvalue weighted by molar-refractivity contribution is 0.0604. The van der Waals surface area contributed by atoms with E-state index in [1.165, 1.54) is 18.4 Å². The highest BCUT2D eigenvalue weighted by Gasteiger charge is 2.21. The Bertz CT molecular complexity index is 900. The largest absolute Gasteiger partial charge is 0.465 e. The van der Waals surface area contributed by atoms with Crippen molar-refractivity contribution in [2.45, 2.75) is 4.90 Å². The maximum Gasteiger partial charge on any atom is 0.341 e. The topological polar surface area (TPSA) is 55.4 Å². The van der Waals surface area contributed by atoms with E-state index in [2.05, 4.69) is 5.32 Å². The van der Waals surface area contributed by atoms with Crippen LogP contribution in [0.3, 0.4) is 0 Å². The molecule has 1 aromatic heterocycles. The normalized spacial score (nSPS) is 10.6. The molecule has 0 saturated carbocycles. The Kier molecular flexibility index (Phi) is 4.87. The molecule has 0 aliphatic carbocycles. The first kappa shape index (κ1) is 16.5. The van der Waals surface area contributed by atoms with Gasteiger partial charge in [0.1, 0.15) is 10.6 Å². The predicted molar refractivity (Wildman–Crippen MR) is 99.3 cm³/mol. The number of fused-ring (bicyclic) bond motifs is 1. The maximum absolute atomic E-state index is 12.5. The van der Waals surface area contributed by atoms with Crippen molar-refractivity contribution in [3.8, 4) is 0 Å². The number of benzene rings is 2. The van der Waals surface area contributed by atoms with E-state index >= 15 is 0 Å². The standard InChI is InChI=1S/C18H15NO3S2/c1-22-18(21)15-13-5-3-4-6-14(13)24-17(15)19-16(20)11-7-9-12(23-2)10-8-11/h3-10H,1-2H3,(H,19,20). The average Bonchev–Trinajstić information content (AvgIpc) is 2.98. The van der Waals surface area contributed by atoms with Gasteiger partial charge < -0.3 is 10.1 Å². The van der Waals surface area contributed by atoms with Crippen LogP contribution in [-0.2, 0) is 4.74 Å². The third-order valence-electron chi connectivity index (χ3n) is 3.56. The first-order valence-electron chi connectivity index (χ1n) is 7.19. The molecule has 0 unspecified atom stereocenters. The highest BCUT2D eigenvalue weighted by molar-refractivity contribution is 7.98.